The molecule has 0 aromatic heterocycles. The van der Waals surface area contributed by atoms with Gasteiger partial charge in [-0.1, -0.05) is 61.9 Å². The van der Waals surface area contributed by atoms with Gasteiger partial charge in [-0.05, 0) is 18.6 Å². The maximum absolute atomic E-state index is 14.4. The first-order valence-electron chi connectivity index (χ1n) is 10.8. The van der Waals surface area contributed by atoms with Crippen LogP contribution in [0.4, 0.5) is 4.39 Å². The number of hydrogen-bond acceptors (Lipinski definition) is 4. The lowest BCUT2D eigenvalue weighted by Crippen LogP contribution is -2.44. The number of carbonyl (C=O) groups is 2. The van der Waals surface area contributed by atoms with E-state index >= 15 is 0 Å². The van der Waals surface area contributed by atoms with Crippen LogP contribution in [0.15, 0.2) is 53.6 Å². The summed E-state index contributed by atoms with van der Waals surface area (Å²) in [5, 5.41) is 5.93. The molecule has 32 heavy (non-hydrogen) atoms. The fourth-order valence-electron chi connectivity index (χ4n) is 3.72. The Morgan fingerprint density at radius 1 is 1.19 bits per heavy atom. The highest BCUT2D eigenvalue weighted by molar-refractivity contribution is 6.03. The van der Waals surface area contributed by atoms with Gasteiger partial charge in [0.2, 0.25) is 5.91 Å². The van der Waals surface area contributed by atoms with E-state index in [1.807, 2.05) is 31.2 Å². The number of ether oxygens (including phenoxy) is 1. The molecule has 0 aliphatic carbocycles. The molecule has 0 radical (unpaired) electrons. The van der Waals surface area contributed by atoms with E-state index in [9.17, 15) is 14.0 Å². The van der Waals surface area contributed by atoms with Crippen molar-refractivity contribution in [1.29, 1.82) is 0 Å². The molecule has 0 unspecified atom stereocenters. The van der Waals surface area contributed by atoms with Crippen molar-refractivity contribution < 1.29 is 18.7 Å². The van der Waals surface area contributed by atoms with Crippen molar-refractivity contribution in [1.82, 2.24) is 9.91 Å². The second kappa shape index (κ2) is 10.5. The first-order valence-corrected chi connectivity index (χ1v) is 10.8. The SMILES string of the molecule is COCCN(CC(=O)N1N=C(c2ccccc2F)C[C@@H]1c1ccc(C)cc1)C(=O)C(C)C. The number of methoxy groups -OCH3 is 1. The van der Waals surface area contributed by atoms with Crippen LogP contribution in [0.25, 0.3) is 0 Å². The summed E-state index contributed by atoms with van der Waals surface area (Å²) in [6.07, 6.45) is 0.395. The highest BCUT2D eigenvalue weighted by atomic mass is 19.1. The van der Waals surface area contributed by atoms with Crippen molar-refractivity contribution in [3.8, 4) is 0 Å². The van der Waals surface area contributed by atoms with Crippen LogP contribution in [0.5, 0.6) is 0 Å². The first kappa shape index (κ1) is 23.6. The molecule has 1 heterocycles. The molecule has 2 aromatic carbocycles. The number of rotatable bonds is 8. The quantitative estimate of drug-likeness (QED) is 0.626. The Balaban J connectivity index is 1.91. The third-order valence-corrected chi connectivity index (χ3v) is 5.51. The molecular formula is C25H30FN3O3. The Morgan fingerprint density at radius 3 is 2.50 bits per heavy atom. The molecule has 7 heteroatoms. The molecule has 6 nitrogen and oxygen atoms in total. The Labute approximate surface area is 188 Å². The minimum Gasteiger partial charge on any atom is -0.383 e. The molecule has 3 rings (SSSR count). The molecule has 2 aromatic rings. The van der Waals surface area contributed by atoms with Gasteiger partial charge in [-0.3, -0.25) is 9.59 Å². The Kier molecular flexibility index (Phi) is 7.75. The van der Waals surface area contributed by atoms with Gasteiger partial charge in [-0.15, -0.1) is 0 Å². The smallest absolute Gasteiger partial charge is 0.262 e. The van der Waals surface area contributed by atoms with Crippen molar-refractivity contribution in [2.75, 3.05) is 26.8 Å². The molecule has 1 aliphatic rings. The number of hydrazone groups is 1. The van der Waals surface area contributed by atoms with E-state index in [4.69, 9.17) is 4.74 Å². The number of aryl methyl sites for hydroxylation is 1. The van der Waals surface area contributed by atoms with Gasteiger partial charge >= 0.3 is 0 Å². The van der Waals surface area contributed by atoms with Gasteiger partial charge in [0.15, 0.2) is 0 Å². The van der Waals surface area contributed by atoms with Gasteiger partial charge < -0.3 is 9.64 Å². The zero-order valence-corrected chi connectivity index (χ0v) is 19.0. The summed E-state index contributed by atoms with van der Waals surface area (Å²) in [6.45, 7) is 6.12. The summed E-state index contributed by atoms with van der Waals surface area (Å²) in [7, 11) is 1.55. The highest BCUT2D eigenvalue weighted by Crippen LogP contribution is 2.33. The fraction of sp³-hybridized carbons (Fsp3) is 0.400. The molecule has 0 saturated carbocycles. The Bertz CT molecular complexity index is 988. The van der Waals surface area contributed by atoms with E-state index < -0.39 is 0 Å². The molecule has 0 N–H and O–H groups in total. The van der Waals surface area contributed by atoms with Crippen molar-refractivity contribution in [2.24, 2.45) is 11.0 Å². The van der Waals surface area contributed by atoms with Crippen LogP contribution >= 0.6 is 0 Å². The molecule has 0 spiro atoms. The predicted octanol–water partition coefficient (Wildman–Crippen LogP) is 3.94. The van der Waals surface area contributed by atoms with Crippen molar-refractivity contribution in [2.45, 2.75) is 33.2 Å². The lowest BCUT2D eigenvalue weighted by Gasteiger charge is -2.28. The van der Waals surface area contributed by atoms with Crippen LogP contribution in [-0.4, -0.2) is 54.2 Å². The van der Waals surface area contributed by atoms with Gasteiger partial charge in [-0.2, -0.15) is 5.10 Å². The monoisotopic (exact) mass is 439 g/mol. The van der Waals surface area contributed by atoms with Gasteiger partial charge in [0, 0.05) is 31.6 Å². The number of amides is 2. The van der Waals surface area contributed by atoms with Crippen molar-refractivity contribution in [3.05, 3.63) is 71.0 Å². The van der Waals surface area contributed by atoms with E-state index in [1.54, 1.807) is 39.2 Å². The first-order chi connectivity index (χ1) is 15.3. The summed E-state index contributed by atoms with van der Waals surface area (Å²) < 4.78 is 19.6. The lowest BCUT2D eigenvalue weighted by atomic mass is 9.97. The summed E-state index contributed by atoms with van der Waals surface area (Å²) in [5.41, 5.74) is 2.92. The number of carbonyl (C=O) groups excluding carboxylic acids is 2. The molecule has 0 saturated heterocycles. The fourth-order valence-corrected chi connectivity index (χ4v) is 3.72. The largest absolute Gasteiger partial charge is 0.383 e. The molecule has 0 fully saturated rings. The molecular weight excluding hydrogens is 409 g/mol. The van der Waals surface area contributed by atoms with Crippen LogP contribution in [0.1, 0.15) is 43.0 Å². The molecule has 2 amide bonds. The number of halogens is 1. The normalized spacial score (nSPS) is 15.8. The Morgan fingerprint density at radius 2 is 1.88 bits per heavy atom. The standard InChI is InChI=1S/C25H30FN3O3/c1-17(2)25(31)28(13-14-32-4)16-24(30)29-23(19-11-9-18(3)10-12-19)15-22(27-29)20-7-5-6-8-21(20)26/h5-12,17,23H,13-16H2,1-4H3/t23-/m1/s1. The second-order valence-corrected chi connectivity index (χ2v) is 8.30. The lowest BCUT2D eigenvalue weighted by molar-refractivity contribution is -0.143. The summed E-state index contributed by atoms with van der Waals surface area (Å²) in [4.78, 5) is 27.5. The van der Waals surface area contributed by atoms with Crippen molar-refractivity contribution in [3.63, 3.8) is 0 Å². The molecule has 1 atom stereocenters. The van der Waals surface area contributed by atoms with Gasteiger partial charge in [0.25, 0.3) is 5.91 Å². The predicted molar refractivity (Wildman–Crippen MR) is 122 cm³/mol. The van der Waals surface area contributed by atoms with E-state index in [2.05, 4.69) is 5.10 Å². The maximum Gasteiger partial charge on any atom is 0.262 e. The average molecular weight is 440 g/mol. The van der Waals surface area contributed by atoms with Crippen LogP contribution in [0.2, 0.25) is 0 Å². The minimum absolute atomic E-state index is 0.114. The van der Waals surface area contributed by atoms with E-state index in [0.717, 1.165) is 11.1 Å². The minimum atomic E-state index is -0.375. The summed E-state index contributed by atoms with van der Waals surface area (Å²) >= 11 is 0. The van der Waals surface area contributed by atoms with Crippen molar-refractivity contribution >= 4 is 17.5 Å². The van der Waals surface area contributed by atoms with Crippen LogP contribution in [-0.2, 0) is 14.3 Å². The van der Waals surface area contributed by atoms with E-state index in [1.165, 1.54) is 16.0 Å². The van der Waals surface area contributed by atoms with Crippen LogP contribution < -0.4 is 0 Å². The van der Waals surface area contributed by atoms with E-state index in [-0.39, 0.29) is 36.1 Å². The van der Waals surface area contributed by atoms with Gasteiger partial charge in [0.1, 0.15) is 12.4 Å². The van der Waals surface area contributed by atoms with E-state index in [0.29, 0.717) is 30.8 Å². The molecule has 1 aliphatic heterocycles. The zero-order valence-electron chi connectivity index (χ0n) is 19.0. The third kappa shape index (κ3) is 5.40. The summed E-state index contributed by atoms with van der Waals surface area (Å²) in [6, 6.07) is 13.9. The molecule has 0 bridgehead atoms. The number of nitrogens with zero attached hydrogens (tertiary/aromatic N) is 3. The topological polar surface area (TPSA) is 62.2 Å². The van der Waals surface area contributed by atoms with Gasteiger partial charge in [0.05, 0.1) is 18.4 Å². The number of benzene rings is 2. The number of hydrogen-bond donors (Lipinski definition) is 0. The average Bonchev–Trinajstić information content (AvgIpc) is 3.22. The summed E-state index contributed by atoms with van der Waals surface area (Å²) in [5.74, 6) is -1.06. The third-order valence-electron chi connectivity index (χ3n) is 5.51. The zero-order chi connectivity index (χ0) is 23.3. The second-order valence-electron chi connectivity index (χ2n) is 8.30. The van der Waals surface area contributed by atoms with Crippen LogP contribution in [0, 0.1) is 18.7 Å². The Hall–Kier alpha value is -3.06. The maximum atomic E-state index is 14.4. The highest BCUT2D eigenvalue weighted by Gasteiger charge is 2.35. The molecule has 170 valence electrons. The van der Waals surface area contributed by atoms with Crippen LogP contribution in [0.3, 0.4) is 0 Å². The van der Waals surface area contributed by atoms with Gasteiger partial charge in [-0.25, -0.2) is 9.40 Å².